The maximum absolute atomic E-state index is 6.73. The van der Waals surface area contributed by atoms with Crippen molar-refractivity contribution in [2.24, 2.45) is 0 Å². The van der Waals surface area contributed by atoms with Gasteiger partial charge < -0.3 is 13.6 Å². The van der Waals surface area contributed by atoms with E-state index in [9.17, 15) is 0 Å². The minimum absolute atomic E-state index is 0.555. The Morgan fingerprint density at radius 2 is 0.887 bits per heavy atom. The van der Waals surface area contributed by atoms with Crippen molar-refractivity contribution in [2.75, 3.05) is 0 Å². The molecule has 0 radical (unpaired) electrons. The summed E-state index contributed by atoms with van der Waals surface area (Å²) in [5, 5.41) is 11.4. The molecule has 0 spiro atoms. The zero-order valence-corrected chi connectivity index (χ0v) is 38.2. The zero-order chi connectivity index (χ0) is 46.6. The van der Waals surface area contributed by atoms with Crippen molar-refractivity contribution in [3.63, 3.8) is 0 Å². The van der Waals surface area contributed by atoms with Crippen LogP contribution in [0.1, 0.15) is 0 Å². The number of fused-ring (bicyclic) bond motifs is 12. The average molecular weight is 906 g/mol. The zero-order valence-electron chi connectivity index (χ0n) is 38.2. The first-order valence-corrected chi connectivity index (χ1v) is 24.0. The van der Waals surface area contributed by atoms with Gasteiger partial charge in [0.15, 0.2) is 17.5 Å². The number of aromatic nitrogens is 5. The molecule has 6 heteroatoms. The van der Waals surface area contributed by atoms with Crippen molar-refractivity contribution in [3.05, 3.63) is 237 Å². The van der Waals surface area contributed by atoms with Crippen LogP contribution in [0.2, 0.25) is 0 Å². The van der Waals surface area contributed by atoms with Crippen LogP contribution in [0.5, 0.6) is 0 Å². The van der Waals surface area contributed by atoms with Gasteiger partial charge in [-0.05, 0) is 93.3 Å². The summed E-state index contributed by atoms with van der Waals surface area (Å²) in [4.78, 5) is 16.4. The van der Waals surface area contributed by atoms with Gasteiger partial charge in [0.1, 0.15) is 11.2 Å². The minimum atomic E-state index is 0.555. The van der Waals surface area contributed by atoms with Crippen LogP contribution in [0.4, 0.5) is 0 Å². The van der Waals surface area contributed by atoms with Crippen LogP contribution in [0.25, 0.3) is 144 Å². The number of furan rings is 1. The van der Waals surface area contributed by atoms with Gasteiger partial charge in [0.05, 0.1) is 33.1 Å². The van der Waals surface area contributed by atoms with Gasteiger partial charge in [-0.1, -0.05) is 176 Å². The number of hydrogen-bond donors (Lipinski definition) is 0. The maximum Gasteiger partial charge on any atom is 0.166 e. The Balaban J connectivity index is 1.05. The number of benzene rings is 11. The molecule has 0 saturated carbocycles. The molecular formula is C65H39N5O. The molecule has 6 nitrogen and oxygen atoms in total. The molecule has 0 aliphatic rings. The lowest BCUT2D eigenvalue weighted by Crippen LogP contribution is -2.04. The molecule has 0 fully saturated rings. The van der Waals surface area contributed by atoms with Crippen molar-refractivity contribution in [1.29, 1.82) is 0 Å². The second kappa shape index (κ2) is 15.4. The first-order chi connectivity index (χ1) is 35.2. The van der Waals surface area contributed by atoms with Gasteiger partial charge in [0.2, 0.25) is 0 Å². The van der Waals surface area contributed by atoms with Crippen molar-refractivity contribution >= 4 is 87.1 Å². The summed E-state index contributed by atoms with van der Waals surface area (Å²) in [5.74, 6) is 1.71. The van der Waals surface area contributed by atoms with Gasteiger partial charge in [0.25, 0.3) is 0 Å². The molecular weight excluding hydrogens is 867 g/mol. The molecule has 0 amide bonds. The maximum atomic E-state index is 6.73. The second-order valence-corrected chi connectivity index (χ2v) is 18.3. The molecule has 0 N–H and O–H groups in total. The first kappa shape index (κ1) is 39.4. The molecule has 4 heterocycles. The molecule has 0 aliphatic carbocycles. The molecule has 15 aromatic rings. The Morgan fingerprint density at radius 1 is 0.296 bits per heavy atom. The Kier molecular flexibility index (Phi) is 8.56. The summed E-state index contributed by atoms with van der Waals surface area (Å²) >= 11 is 0. The SMILES string of the molecule is c1ccc(-c2ccc(-c3nc(-c4ccc5c6ccccc6n(-c6ccccc6)c5c4)nc(-c4ccc5oc6ccccc6c5c4-n4c5cc6ccccc6cc5c5c6ccccc6ccc54)n3)cc2)cc1. The third-order valence-electron chi connectivity index (χ3n) is 14.3. The summed E-state index contributed by atoms with van der Waals surface area (Å²) in [5.41, 5.74) is 12.9. The van der Waals surface area contributed by atoms with Crippen molar-refractivity contribution < 1.29 is 4.42 Å². The highest BCUT2D eigenvalue weighted by Gasteiger charge is 2.26. The molecule has 4 aromatic heterocycles. The summed E-state index contributed by atoms with van der Waals surface area (Å²) in [6.45, 7) is 0. The lowest BCUT2D eigenvalue weighted by atomic mass is 10.0. The summed E-state index contributed by atoms with van der Waals surface area (Å²) in [7, 11) is 0. The van der Waals surface area contributed by atoms with Crippen molar-refractivity contribution in [3.8, 4) is 56.7 Å². The van der Waals surface area contributed by atoms with Crippen LogP contribution in [-0.4, -0.2) is 24.1 Å². The van der Waals surface area contributed by atoms with Gasteiger partial charge in [0, 0.05) is 49.3 Å². The highest BCUT2D eigenvalue weighted by molar-refractivity contribution is 6.25. The van der Waals surface area contributed by atoms with Gasteiger partial charge in [-0.2, -0.15) is 0 Å². The Hall–Kier alpha value is -9.65. The lowest BCUT2D eigenvalue weighted by molar-refractivity contribution is 0.669. The summed E-state index contributed by atoms with van der Waals surface area (Å²) < 4.78 is 11.5. The summed E-state index contributed by atoms with van der Waals surface area (Å²) in [6, 6.07) is 83.9. The van der Waals surface area contributed by atoms with Crippen LogP contribution in [0.3, 0.4) is 0 Å². The largest absolute Gasteiger partial charge is 0.456 e. The third kappa shape index (κ3) is 6.11. The quantitative estimate of drug-likeness (QED) is 0.167. The highest BCUT2D eigenvalue weighted by Crippen LogP contribution is 2.46. The monoisotopic (exact) mass is 905 g/mol. The molecule has 0 bridgehead atoms. The van der Waals surface area contributed by atoms with E-state index in [2.05, 4.69) is 234 Å². The van der Waals surface area contributed by atoms with Crippen LogP contribution in [0.15, 0.2) is 241 Å². The smallest absolute Gasteiger partial charge is 0.166 e. The normalized spacial score (nSPS) is 11.9. The van der Waals surface area contributed by atoms with Crippen LogP contribution >= 0.6 is 0 Å². The minimum Gasteiger partial charge on any atom is -0.456 e. The molecule has 330 valence electrons. The highest BCUT2D eigenvalue weighted by atomic mass is 16.3. The van der Waals surface area contributed by atoms with Crippen LogP contribution < -0.4 is 0 Å². The van der Waals surface area contributed by atoms with E-state index < -0.39 is 0 Å². The predicted molar refractivity (Wildman–Crippen MR) is 293 cm³/mol. The van der Waals surface area contributed by atoms with E-state index in [1.54, 1.807) is 0 Å². The molecule has 0 unspecified atom stereocenters. The van der Waals surface area contributed by atoms with E-state index in [1.807, 2.05) is 12.1 Å². The molecule has 0 aliphatic heterocycles. The third-order valence-corrected chi connectivity index (χ3v) is 14.3. The Labute approximate surface area is 407 Å². The summed E-state index contributed by atoms with van der Waals surface area (Å²) in [6.07, 6.45) is 0. The molecule has 11 aromatic carbocycles. The average Bonchev–Trinajstić information content (AvgIpc) is 4.10. The van der Waals surface area contributed by atoms with Crippen LogP contribution in [-0.2, 0) is 0 Å². The molecule has 71 heavy (non-hydrogen) atoms. The topological polar surface area (TPSA) is 61.7 Å². The van der Waals surface area contributed by atoms with Gasteiger partial charge in [-0.3, -0.25) is 0 Å². The van der Waals surface area contributed by atoms with E-state index in [0.717, 1.165) is 94.0 Å². The van der Waals surface area contributed by atoms with E-state index in [0.29, 0.717) is 17.5 Å². The molecule has 15 rings (SSSR count). The predicted octanol–water partition coefficient (Wildman–Crippen LogP) is 16.9. The van der Waals surface area contributed by atoms with E-state index >= 15 is 0 Å². The Morgan fingerprint density at radius 3 is 1.70 bits per heavy atom. The number of nitrogens with zero attached hydrogens (tertiary/aromatic N) is 5. The standard InChI is InChI=1S/C65H39N5O/c1-3-15-40(16-4-1)41-27-29-43(30-28-41)63-66-64(46-31-33-50-49-23-11-13-25-54(49)69(56(50)39-46)47-20-5-2-6-21-47)68-65(67-63)52-34-36-59-61(51-24-12-14-26-58(51)71-59)62(52)70-55-35-32-42-17-9-10-22-48(42)60(55)53-37-44-18-7-8-19-45(44)38-57(53)70/h1-39H. The fourth-order valence-electron chi connectivity index (χ4n) is 11.1. The van der Waals surface area contributed by atoms with Crippen LogP contribution in [0, 0.1) is 0 Å². The molecule has 0 saturated heterocycles. The van der Waals surface area contributed by atoms with Gasteiger partial charge in [-0.15, -0.1) is 0 Å². The van der Waals surface area contributed by atoms with E-state index in [4.69, 9.17) is 19.4 Å². The number of para-hydroxylation sites is 3. The fourth-order valence-corrected chi connectivity index (χ4v) is 11.1. The lowest BCUT2D eigenvalue weighted by Gasteiger charge is -2.16. The second-order valence-electron chi connectivity index (χ2n) is 18.3. The van der Waals surface area contributed by atoms with Gasteiger partial charge >= 0.3 is 0 Å². The molecule has 0 atom stereocenters. The first-order valence-electron chi connectivity index (χ1n) is 24.0. The Bertz CT molecular complexity index is 4620. The van der Waals surface area contributed by atoms with Crippen molar-refractivity contribution in [1.82, 2.24) is 24.1 Å². The van der Waals surface area contributed by atoms with E-state index in [-0.39, 0.29) is 0 Å². The van der Waals surface area contributed by atoms with Gasteiger partial charge in [-0.25, -0.2) is 15.0 Å². The number of hydrogen-bond acceptors (Lipinski definition) is 4. The van der Waals surface area contributed by atoms with Crippen molar-refractivity contribution in [2.45, 2.75) is 0 Å². The number of rotatable bonds is 6. The fraction of sp³-hybridized carbons (Fsp3) is 0. The van der Waals surface area contributed by atoms with E-state index in [1.165, 1.54) is 32.3 Å².